The average molecular weight is 552 g/mol. The summed E-state index contributed by atoms with van der Waals surface area (Å²) in [5.41, 5.74) is 1.56. The zero-order valence-electron chi connectivity index (χ0n) is 22.0. The molecule has 0 aliphatic carbocycles. The standard InChI is InChI=1S/C27H27ClFN7O3/c1-13(2)20-22(14(3)31-26(33-20)38-4)36-25-18-23(19(28)21(32-25)16-7-5-6-8-17(16)29)39-12-15-11-30-9-10-35(15)24(18)34-27(36)37/h5-8,13,15,30H,9-12H2,1-4H3/t15-/m1/s1. The van der Waals surface area contributed by atoms with Crippen LogP contribution in [0.5, 0.6) is 11.8 Å². The lowest BCUT2D eigenvalue weighted by molar-refractivity contribution is 0.274. The van der Waals surface area contributed by atoms with Crippen LogP contribution in [-0.2, 0) is 0 Å². The molecule has 0 unspecified atom stereocenters. The third kappa shape index (κ3) is 4.07. The van der Waals surface area contributed by atoms with E-state index in [-0.39, 0.29) is 39.9 Å². The highest BCUT2D eigenvalue weighted by molar-refractivity contribution is 6.36. The second-order valence-corrected chi connectivity index (χ2v) is 10.3. The van der Waals surface area contributed by atoms with Crippen LogP contribution in [0.25, 0.3) is 28.0 Å². The van der Waals surface area contributed by atoms with Crippen LogP contribution in [0.2, 0.25) is 5.02 Å². The molecule has 5 heterocycles. The van der Waals surface area contributed by atoms with Crippen LogP contribution in [0.1, 0.15) is 31.2 Å². The largest absolute Gasteiger partial charge is 0.489 e. The van der Waals surface area contributed by atoms with E-state index in [1.54, 1.807) is 25.1 Å². The van der Waals surface area contributed by atoms with E-state index in [1.165, 1.54) is 17.7 Å². The van der Waals surface area contributed by atoms with Crippen LogP contribution < -0.4 is 25.4 Å². The van der Waals surface area contributed by atoms with Gasteiger partial charge in [0.25, 0.3) is 0 Å². The Hall–Kier alpha value is -3.83. The lowest BCUT2D eigenvalue weighted by atomic mass is 10.1. The summed E-state index contributed by atoms with van der Waals surface area (Å²) in [6, 6.07) is 6.34. The normalized spacial score (nSPS) is 16.7. The lowest BCUT2D eigenvalue weighted by Crippen LogP contribution is -2.54. The monoisotopic (exact) mass is 551 g/mol. The zero-order valence-corrected chi connectivity index (χ0v) is 22.7. The van der Waals surface area contributed by atoms with Crippen molar-refractivity contribution in [3.63, 3.8) is 0 Å². The maximum absolute atomic E-state index is 15.1. The number of ether oxygens (including phenoxy) is 2. The molecule has 1 atom stereocenters. The number of piperazine rings is 1. The van der Waals surface area contributed by atoms with Crippen molar-refractivity contribution in [2.45, 2.75) is 32.7 Å². The van der Waals surface area contributed by atoms with Gasteiger partial charge in [0.1, 0.15) is 28.7 Å². The summed E-state index contributed by atoms with van der Waals surface area (Å²) < 4.78 is 28.1. The fourth-order valence-electron chi connectivity index (χ4n) is 5.26. The number of pyridine rings is 1. The molecule has 3 aromatic heterocycles. The van der Waals surface area contributed by atoms with E-state index < -0.39 is 11.5 Å². The number of benzene rings is 1. The van der Waals surface area contributed by atoms with E-state index in [0.717, 1.165) is 6.54 Å². The van der Waals surface area contributed by atoms with Crippen LogP contribution >= 0.6 is 11.6 Å². The first kappa shape index (κ1) is 25.4. The van der Waals surface area contributed by atoms with E-state index in [4.69, 9.17) is 26.1 Å². The molecule has 0 bridgehead atoms. The van der Waals surface area contributed by atoms with Crippen LogP contribution in [0.15, 0.2) is 29.1 Å². The molecule has 2 aliphatic rings. The number of nitrogens with zero attached hydrogens (tertiary/aromatic N) is 6. The molecule has 6 rings (SSSR count). The molecule has 1 aromatic carbocycles. The molecule has 1 fully saturated rings. The maximum Gasteiger partial charge on any atom is 0.355 e. The first-order chi connectivity index (χ1) is 18.8. The highest BCUT2D eigenvalue weighted by atomic mass is 35.5. The fourth-order valence-corrected chi connectivity index (χ4v) is 5.55. The van der Waals surface area contributed by atoms with Crippen molar-refractivity contribution >= 4 is 28.5 Å². The molecular weight excluding hydrogens is 525 g/mol. The summed E-state index contributed by atoms with van der Waals surface area (Å²) in [5, 5.41) is 3.99. The molecule has 1 N–H and O–H groups in total. The first-order valence-electron chi connectivity index (χ1n) is 12.7. The third-order valence-electron chi connectivity index (χ3n) is 7.09. The summed E-state index contributed by atoms with van der Waals surface area (Å²) in [7, 11) is 1.49. The number of hydrogen-bond acceptors (Lipinski definition) is 9. The Morgan fingerprint density at radius 2 is 2.00 bits per heavy atom. The molecule has 0 radical (unpaired) electrons. The number of aromatic nitrogens is 5. The van der Waals surface area contributed by atoms with E-state index in [1.807, 2.05) is 13.8 Å². The molecule has 1 saturated heterocycles. The molecule has 39 heavy (non-hydrogen) atoms. The number of nitrogens with one attached hydrogen (secondary N) is 1. The molecule has 0 saturated carbocycles. The van der Waals surface area contributed by atoms with Crippen LogP contribution in [0.4, 0.5) is 10.2 Å². The quantitative estimate of drug-likeness (QED) is 0.407. The Morgan fingerprint density at radius 3 is 2.74 bits per heavy atom. The first-order valence-corrected chi connectivity index (χ1v) is 13.1. The number of rotatable bonds is 4. The topological polar surface area (TPSA) is 107 Å². The Bertz CT molecular complexity index is 1680. The predicted molar refractivity (Wildman–Crippen MR) is 146 cm³/mol. The Kier molecular flexibility index (Phi) is 6.35. The number of halogens is 2. The maximum atomic E-state index is 15.1. The number of anilines is 1. The Labute approximate surface area is 228 Å². The van der Waals surface area contributed by atoms with E-state index in [9.17, 15) is 4.79 Å². The second kappa shape index (κ2) is 9.73. The number of methoxy groups -OCH3 is 1. The van der Waals surface area contributed by atoms with Crippen LogP contribution in [0, 0.1) is 12.7 Å². The van der Waals surface area contributed by atoms with Crippen molar-refractivity contribution in [2.75, 3.05) is 38.3 Å². The van der Waals surface area contributed by atoms with Gasteiger partial charge in [-0.3, -0.25) is 0 Å². The molecule has 0 spiro atoms. The average Bonchev–Trinajstić information content (AvgIpc) is 3.09. The molecule has 0 amide bonds. The molecule has 2 aliphatic heterocycles. The summed E-state index contributed by atoms with van der Waals surface area (Å²) in [6.07, 6.45) is 0. The number of aryl methyl sites for hydroxylation is 1. The van der Waals surface area contributed by atoms with Crippen molar-refractivity contribution in [3.05, 3.63) is 57.0 Å². The fraction of sp³-hybridized carbons (Fsp3) is 0.370. The van der Waals surface area contributed by atoms with Crippen molar-refractivity contribution in [3.8, 4) is 28.7 Å². The van der Waals surface area contributed by atoms with Gasteiger partial charge < -0.3 is 19.7 Å². The van der Waals surface area contributed by atoms with Gasteiger partial charge in [0.05, 0.1) is 35.9 Å². The van der Waals surface area contributed by atoms with Crippen molar-refractivity contribution in [1.29, 1.82) is 0 Å². The summed E-state index contributed by atoms with van der Waals surface area (Å²) in [6.45, 7) is 7.98. The number of hydrogen-bond donors (Lipinski definition) is 1. The van der Waals surface area contributed by atoms with Crippen molar-refractivity contribution in [1.82, 2.24) is 29.8 Å². The van der Waals surface area contributed by atoms with Gasteiger partial charge in [-0.15, -0.1) is 0 Å². The van der Waals surface area contributed by atoms with Crippen molar-refractivity contribution in [2.24, 2.45) is 0 Å². The minimum Gasteiger partial charge on any atom is -0.489 e. The molecule has 12 heteroatoms. The lowest BCUT2D eigenvalue weighted by Gasteiger charge is -2.35. The van der Waals surface area contributed by atoms with Crippen molar-refractivity contribution < 1.29 is 13.9 Å². The van der Waals surface area contributed by atoms with E-state index >= 15 is 4.39 Å². The molecular formula is C27H27ClFN7O3. The SMILES string of the molecule is COc1nc(C)c(-n2c(=O)nc3c4c(c(Cl)c(-c5ccccc5F)nc42)OC[C@H]2CNCCN32)c(C(C)C)n1. The Morgan fingerprint density at radius 1 is 1.21 bits per heavy atom. The predicted octanol–water partition coefficient (Wildman–Crippen LogP) is 3.64. The highest BCUT2D eigenvalue weighted by Gasteiger charge is 2.35. The minimum absolute atomic E-state index is 0.0811. The zero-order chi connectivity index (χ0) is 27.4. The summed E-state index contributed by atoms with van der Waals surface area (Å²) in [4.78, 5) is 34.4. The van der Waals surface area contributed by atoms with Gasteiger partial charge in [0.15, 0.2) is 11.4 Å². The van der Waals surface area contributed by atoms with Gasteiger partial charge in [0.2, 0.25) is 0 Å². The van der Waals surface area contributed by atoms with Gasteiger partial charge in [-0.1, -0.05) is 37.6 Å². The smallest absolute Gasteiger partial charge is 0.355 e. The van der Waals surface area contributed by atoms with Gasteiger partial charge in [-0.05, 0) is 25.0 Å². The van der Waals surface area contributed by atoms with Crippen LogP contribution in [-0.4, -0.2) is 63.9 Å². The summed E-state index contributed by atoms with van der Waals surface area (Å²) in [5.74, 6) is 0.157. The Balaban J connectivity index is 1.78. The van der Waals surface area contributed by atoms with Gasteiger partial charge in [-0.2, -0.15) is 15.0 Å². The minimum atomic E-state index is -0.560. The van der Waals surface area contributed by atoms with Gasteiger partial charge in [0, 0.05) is 25.2 Å². The van der Waals surface area contributed by atoms with E-state index in [2.05, 4.69) is 25.2 Å². The highest BCUT2D eigenvalue weighted by Crippen LogP contribution is 2.45. The molecule has 202 valence electrons. The third-order valence-corrected chi connectivity index (χ3v) is 7.44. The molecule has 4 aromatic rings. The number of fused-ring (bicyclic) bond motifs is 2. The van der Waals surface area contributed by atoms with Crippen LogP contribution in [0.3, 0.4) is 0 Å². The second-order valence-electron chi connectivity index (χ2n) is 9.88. The molecule has 10 nitrogen and oxygen atoms in total. The van der Waals surface area contributed by atoms with Gasteiger partial charge in [-0.25, -0.2) is 18.7 Å². The summed E-state index contributed by atoms with van der Waals surface area (Å²) >= 11 is 6.92. The van der Waals surface area contributed by atoms with E-state index in [0.29, 0.717) is 53.7 Å². The van der Waals surface area contributed by atoms with Gasteiger partial charge >= 0.3 is 11.7 Å².